The summed E-state index contributed by atoms with van der Waals surface area (Å²) in [6.45, 7) is 5.38. The van der Waals surface area contributed by atoms with E-state index >= 15 is 0 Å². The van der Waals surface area contributed by atoms with Crippen LogP contribution in [0.5, 0.6) is 11.5 Å². The summed E-state index contributed by atoms with van der Waals surface area (Å²) in [5.74, 6) is 1.68. The maximum Gasteiger partial charge on any atom is 0.169 e. The molecule has 2 aromatic carbocycles. The molecule has 1 aliphatic carbocycles. The molecule has 1 saturated carbocycles. The van der Waals surface area contributed by atoms with Crippen LogP contribution in [0.25, 0.3) is 22.0 Å². The molecule has 1 aromatic heterocycles. The van der Waals surface area contributed by atoms with Gasteiger partial charge in [-0.1, -0.05) is 12.1 Å². The number of hydrogen-bond donors (Lipinski definition) is 1. The zero-order chi connectivity index (χ0) is 24.5. The van der Waals surface area contributed by atoms with Crippen molar-refractivity contribution >= 4 is 22.4 Å². The maximum absolute atomic E-state index is 13.3. The Morgan fingerprint density at radius 3 is 2.49 bits per heavy atom. The van der Waals surface area contributed by atoms with Crippen LogP contribution in [-0.4, -0.2) is 61.1 Å². The number of nitrogens with zero attached hydrogens (tertiary/aromatic N) is 3. The lowest BCUT2D eigenvalue weighted by molar-refractivity contribution is 0.0968. The summed E-state index contributed by atoms with van der Waals surface area (Å²) >= 11 is 0. The zero-order valence-electron chi connectivity index (χ0n) is 21.0. The van der Waals surface area contributed by atoms with Gasteiger partial charge in [0.15, 0.2) is 17.3 Å². The van der Waals surface area contributed by atoms with Crippen molar-refractivity contribution in [1.82, 2.24) is 9.88 Å². The van der Waals surface area contributed by atoms with Crippen LogP contribution in [0.2, 0.25) is 0 Å². The molecule has 1 saturated heterocycles. The molecular formula is C29H35N3O3. The molecule has 0 atom stereocenters. The van der Waals surface area contributed by atoms with Gasteiger partial charge in [-0.2, -0.15) is 0 Å². The summed E-state index contributed by atoms with van der Waals surface area (Å²) in [5.41, 5.74) is 4.68. The number of piperidine rings is 1. The van der Waals surface area contributed by atoms with Gasteiger partial charge in [0.2, 0.25) is 0 Å². The fourth-order valence-electron chi connectivity index (χ4n) is 5.26. The first kappa shape index (κ1) is 23.6. The van der Waals surface area contributed by atoms with Gasteiger partial charge in [0, 0.05) is 37.1 Å². The molecular weight excluding hydrogens is 438 g/mol. The highest BCUT2D eigenvalue weighted by Gasteiger charge is 2.34. The molecule has 35 heavy (non-hydrogen) atoms. The van der Waals surface area contributed by atoms with E-state index in [0.717, 1.165) is 78.6 Å². The Kier molecular flexibility index (Phi) is 6.65. The number of aromatic nitrogens is 1. The van der Waals surface area contributed by atoms with Crippen molar-refractivity contribution in [2.24, 2.45) is 11.8 Å². The SMILES string of the molecule is CCOc1cc(-c2ccc3ncc(C(=O)C4CC4)c(N4CCC(CN(C)C)CC4)c3c2)ccc1O. The second-order valence-electron chi connectivity index (χ2n) is 10.2. The van der Waals surface area contributed by atoms with Crippen LogP contribution in [0.15, 0.2) is 42.6 Å². The predicted molar refractivity (Wildman–Crippen MR) is 141 cm³/mol. The number of Topliss-reactive ketones (excluding diaryl/α,β-unsaturated/α-hetero) is 1. The standard InChI is InChI=1S/C29H35N3O3/c1-4-35-27-16-22(8-10-26(27)33)21-7-9-25-23(15-21)28(24(17-30-25)29(34)20-5-6-20)32-13-11-19(12-14-32)18-31(2)3/h7-10,15-17,19-20,33H,4-6,11-14,18H2,1-3H3. The number of carbonyl (C=O) groups excluding carboxylic acids is 1. The van der Waals surface area contributed by atoms with Gasteiger partial charge >= 0.3 is 0 Å². The van der Waals surface area contributed by atoms with Gasteiger partial charge in [0.1, 0.15) is 0 Å². The van der Waals surface area contributed by atoms with E-state index in [1.807, 2.05) is 31.2 Å². The second kappa shape index (κ2) is 9.86. The average Bonchev–Trinajstić information content (AvgIpc) is 3.70. The lowest BCUT2D eigenvalue weighted by Crippen LogP contribution is -2.38. The number of rotatable bonds is 8. The molecule has 1 N–H and O–H groups in total. The van der Waals surface area contributed by atoms with E-state index in [-0.39, 0.29) is 17.5 Å². The van der Waals surface area contributed by atoms with Crippen LogP contribution in [0, 0.1) is 11.8 Å². The van der Waals surface area contributed by atoms with Crippen LogP contribution in [-0.2, 0) is 0 Å². The van der Waals surface area contributed by atoms with Gasteiger partial charge in [0.05, 0.1) is 23.4 Å². The van der Waals surface area contributed by atoms with E-state index in [1.54, 1.807) is 12.3 Å². The van der Waals surface area contributed by atoms with Gasteiger partial charge in [0.25, 0.3) is 0 Å². The number of fused-ring (bicyclic) bond motifs is 1. The highest BCUT2D eigenvalue weighted by atomic mass is 16.5. The third-order valence-corrected chi connectivity index (χ3v) is 7.20. The summed E-state index contributed by atoms with van der Waals surface area (Å²) in [5, 5.41) is 11.2. The van der Waals surface area contributed by atoms with Gasteiger partial charge < -0.3 is 19.6 Å². The number of carbonyl (C=O) groups is 1. The molecule has 1 aliphatic heterocycles. The fourth-order valence-corrected chi connectivity index (χ4v) is 5.26. The van der Waals surface area contributed by atoms with Crippen molar-refractivity contribution in [3.05, 3.63) is 48.2 Å². The quantitative estimate of drug-likeness (QED) is 0.443. The van der Waals surface area contributed by atoms with Gasteiger partial charge in [-0.3, -0.25) is 9.78 Å². The first-order valence-corrected chi connectivity index (χ1v) is 12.8. The Hall–Kier alpha value is -3.12. The number of phenols is 1. The van der Waals surface area contributed by atoms with Crippen molar-refractivity contribution < 1.29 is 14.6 Å². The van der Waals surface area contributed by atoms with Crippen LogP contribution in [0.3, 0.4) is 0 Å². The fraction of sp³-hybridized carbons (Fsp3) is 0.448. The normalized spacial score (nSPS) is 16.7. The molecule has 5 rings (SSSR count). The molecule has 6 heteroatoms. The summed E-state index contributed by atoms with van der Waals surface area (Å²) in [6.07, 6.45) is 6.00. The molecule has 184 valence electrons. The van der Waals surface area contributed by atoms with Crippen molar-refractivity contribution in [3.63, 3.8) is 0 Å². The Morgan fingerprint density at radius 2 is 1.80 bits per heavy atom. The van der Waals surface area contributed by atoms with Gasteiger partial charge in [-0.25, -0.2) is 0 Å². The van der Waals surface area contributed by atoms with Crippen LogP contribution < -0.4 is 9.64 Å². The monoisotopic (exact) mass is 473 g/mol. The number of benzene rings is 2. The molecule has 3 aromatic rings. The minimum absolute atomic E-state index is 0.136. The number of hydrogen-bond acceptors (Lipinski definition) is 6. The number of anilines is 1. The van der Waals surface area contributed by atoms with E-state index in [2.05, 4.69) is 30.0 Å². The van der Waals surface area contributed by atoms with Crippen LogP contribution in [0.1, 0.15) is 43.0 Å². The lowest BCUT2D eigenvalue weighted by atomic mass is 9.93. The highest BCUT2D eigenvalue weighted by Crippen LogP contribution is 2.41. The summed E-state index contributed by atoms with van der Waals surface area (Å²) in [6, 6.07) is 11.7. The number of ketones is 1. The van der Waals surface area contributed by atoms with E-state index in [9.17, 15) is 9.90 Å². The number of ether oxygens (including phenoxy) is 1. The first-order valence-electron chi connectivity index (χ1n) is 12.8. The number of pyridine rings is 1. The minimum Gasteiger partial charge on any atom is -0.504 e. The molecule has 0 unspecified atom stereocenters. The minimum atomic E-state index is 0.136. The van der Waals surface area contributed by atoms with Crippen LogP contribution in [0.4, 0.5) is 5.69 Å². The summed E-state index contributed by atoms with van der Waals surface area (Å²) in [7, 11) is 4.27. The Balaban J connectivity index is 1.57. The number of aromatic hydroxyl groups is 1. The predicted octanol–water partition coefficient (Wildman–Crippen LogP) is 5.38. The molecule has 2 aliphatic rings. The largest absolute Gasteiger partial charge is 0.504 e. The molecule has 2 heterocycles. The van der Waals surface area contributed by atoms with E-state index in [0.29, 0.717) is 18.3 Å². The van der Waals surface area contributed by atoms with Crippen molar-refractivity contribution in [2.75, 3.05) is 45.2 Å². The molecule has 6 nitrogen and oxygen atoms in total. The lowest BCUT2D eigenvalue weighted by Gasteiger charge is -2.36. The average molecular weight is 474 g/mol. The van der Waals surface area contributed by atoms with Crippen molar-refractivity contribution in [1.29, 1.82) is 0 Å². The topological polar surface area (TPSA) is 65.9 Å². The van der Waals surface area contributed by atoms with Gasteiger partial charge in [-0.05, 0) is 88.0 Å². The molecule has 0 spiro atoms. The molecule has 0 bridgehead atoms. The van der Waals surface area contributed by atoms with E-state index in [1.165, 1.54) is 0 Å². The maximum atomic E-state index is 13.3. The van der Waals surface area contributed by atoms with Crippen LogP contribution >= 0.6 is 0 Å². The second-order valence-corrected chi connectivity index (χ2v) is 10.2. The summed E-state index contributed by atoms with van der Waals surface area (Å²) < 4.78 is 5.61. The molecule has 0 amide bonds. The Labute approximate surface area is 207 Å². The third-order valence-electron chi connectivity index (χ3n) is 7.20. The zero-order valence-corrected chi connectivity index (χ0v) is 21.0. The van der Waals surface area contributed by atoms with Gasteiger partial charge in [-0.15, -0.1) is 0 Å². The highest BCUT2D eigenvalue weighted by molar-refractivity contribution is 6.10. The number of phenolic OH excluding ortho intramolecular Hbond substituents is 1. The third kappa shape index (κ3) is 4.98. The molecule has 0 radical (unpaired) electrons. The van der Waals surface area contributed by atoms with Crippen molar-refractivity contribution in [2.45, 2.75) is 32.6 Å². The van der Waals surface area contributed by atoms with Crippen molar-refractivity contribution in [3.8, 4) is 22.6 Å². The summed E-state index contributed by atoms with van der Waals surface area (Å²) in [4.78, 5) is 22.7. The molecule has 2 fully saturated rings. The first-order chi connectivity index (χ1) is 16.9. The van der Waals surface area contributed by atoms with E-state index in [4.69, 9.17) is 9.72 Å². The Morgan fingerprint density at radius 1 is 1.09 bits per heavy atom. The Bertz CT molecular complexity index is 1230. The van der Waals surface area contributed by atoms with E-state index < -0.39 is 0 Å². The smallest absolute Gasteiger partial charge is 0.169 e.